The highest BCUT2D eigenvalue weighted by Gasteiger charge is 2.23. The molecule has 3 rings (SSSR count). The zero-order valence-corrected chi connectivity index (χ0v) is 14.9. The second kappa shape index (κ2) is 6.26. The standard InChI is InChI=1S/C16H16ClNO3S2/c1-23(20,21)15-8-7-14(22-15)16(19)18-13-4-2-3-10-9-11(17)5-6-12(10)13/h5-9,13H,2-4H2,1H3,(H,18,19)/t13-/m1/s1. The largest absolute Gasteiger partial charge is 0.345 e. The summed E-state index contributed by atoms with van der Waals surface area (Å²) in [6.45, 7) is 0. The Labute approximate surface area is 144 Å². The normalized spacial score (nSPS) is 17.6. The molecule has 122 valence electrons. The van der Waals surface area contributed by atoms with Crippen molar-refractivity contribution >= 4 is 38.7 Å². The first kappa shape index (κ1) is 16.5. The number of hydrogen-bond donors (Lipinski definition) is 1. The Bertz CT molecular complexity index is 858. The van der Waals surface area contributed by atoms with Gasteiger partial charge in [0.25, 0.3) is 5.91 Å². The molecule has 0 bridgehead atoms. The average Bonchev–Trinajstić information content (AvgIpc) is 2.97. The van der Waals surface area contributed by atoms with Gasteiger partial charge in [0.2, 0.25) is 0 Å². The van der Waals surface area contributed by atoms with Crippen LogP contribution in [-0.4, -0.2) is 20.6 Å². The van der Waals surface area contributed by atoms with Crippen molar-refractivity contribution in [3.05, 3.63) is 51.4 Å². The van der Waals surface area contributed by atoms with Crippen LogP contribution < -0.4 is 5.32 Å². The lowest BCUT2D eigenvalue weighted by Crippen LogP contribution is -2.30. The van der Waals surface area contributed by atoms with E-state index in [0.29, 0.717) is 9.90 Å². The third-order valence-corrected chi connectivity index (χ3v) is 7.03. The van der Waals surface area contributed by atoms with Crippen LogP contribution in [0.2, 0.25) is 5.02 Å². The number of fused-ring (bicyclic) bond motifs is 1. The van der Waals surface area contributed by atoms with Gasteiger partial charge in [0.1, 0.15) is 4.21 Å². The SMILES string of the molecule is CS(=O)(=O)c1ccc(C(=O)N[C@@H]2CCCc3cc(Cl)ccc32)s1. The first-order chi connectivity index (χ1) is 10.8. The molecule has 0 unspecified atom stereocenters. The molecule has 1 atom stereocenters. The molecule has 23 heavy (non-hydrogen) atoms. The van der Waals surface area contributed by atoms with Crippen LogP contribution in [0.25, 0.3) is 0 Å². The Balaban J connectivity index is 1.81. The summed E-state index contributed by atoms with van der Waals surface area (Å²) >= 11 is 7.03. The van der Waals surface area contributed by atoms with Crippen molar-refractivity contribution < 1.29 is 13.2 Å². The molecular formula is C16H16ClNO3S2. The fourth-order valence-corrected chi connectivity index (χ4v) is 4.83. The zero-order chi connectivity index (χ0) is 16.6. The molecule has 1 aromatic heterocycles. The fraction of sp³-hybridized carbons (Fsp3) is 0.312. The van der Waals surface area contributed by atoms with E-state index in [-0.39, 0.29) is 16.2 Å². The van der Waals surface area contributed by atoms with Crippen molar-refractivity contribution in [3.63, 3.8) is 0 Å². The second-order valence-corrected chi connectivity index (χ2v) is 9.42. The quantitative estimate of drug-likeness (QED) is 0.898. The summed E-state index contributed by atoms with van der Waals surface area (Å²) < 4.78 is 23.2. The van der Waals surface area contributed by atoms with Gasteiger partial charge in [-0.25, -0.2) is 8.42 Å². The fourth-order valence-electron chi connectivity index (χ4n) is 2.80. The number of hydrogen-bond acceptors (Lipinski definition) is 4. The summed E-state index contributed by atoms with van der Waals surface area (Å²) in [5.41, 5.74) is 2.26. The third kappa shape index (κ3) is 3.59. The van der Waals surface area contributed by atoms with E-state index in [0.717, 1.165) is 48.0 Å². The predicted octanol–water partition coefficient (Wildman–Crippen LogP) is 3.61. The zero-order valence-electron chi connectivity index (χ0n) is 12.5. The van der Waals surface area contributed by atoms with Crippen LogP contribution in [0.15, 0.2) is 34.5 Å². The number of halogens is 1. The number of thiophene rings is 1. The van der Waals surface area contributed by atoms with E-state index in [2.05, 4.69) is 5.32 Å². The van der Waals surface area contributed by atoms with Gasteiger partial charge in [-0.05, 0) is 54.7 Å². The summed E-state index contributed by atoms with van der Waals surface area (Å²) in [5, 5.41) is 3.71. The molecule has 7 heteroatoms. The Kier molecular flexibility index (Phi) is 4.49. The number of benzene rings is 1. The van der Waals surface area contributed by atoms with Crippen LogP contribution in [0.1, 0.15) is 39.7 Å². The molecule has 1 aliphatic carbocycles. The maximum Gasteiger partial charge on any atom is 0.261 e. The Morgan fingerprint density at radius 3 is 2.78 bits per heavy atom. The van der Waals surface area contributed by atoms with Gasteiger partial charge in [-0.3, -0.25) is 4.79 Å². The number of rotatable bonds is 3. The number of aryl methyl sites for hydroxylation is 1. The van der Waals surface area contributed by atoms with Crippen molar-refractivity contribution in [2.75, 3.05) is 6.26 Å². The predicted molar refractivity (Wildman–Crippen MR) is 92.0 cm³/mol. The summed E-state index contributed by atoms with van der Waals surface area (Å²) in [5.74, 6) is -0.238. The van der Waals surface area contributed by atoms with Crippen molar-refractivity contribution in [1.29, 1.82) is 0 Å². The van der Waals surface area contributed by atoms with Crippen LogP contribution in [0.4, 0.5) is 0 Å². The first-order valence-electron chi connectivity index (χ1n) is 7.23. The number of amides is 1. The van der Waals surface area contributed by atoms with Crippen molar-refractivity contribution in [2.24, 2.45) is 0 Å². The molecule has 0 fully saturated rings. The third-order valence-electron chi connectivity index (χ3n) is 3.90. The molecule has 2 aromatic rings. The van der Waals surface area contributed by atoms with Crippen LogP contribution in [-0.2, 0) is 16.3 Å². The minimum Gasteiger partial charge on any atom is -0.345 e. The van der Waals surface area contributed by atoms with Crippen molar-refractivity contribution in [2.45, 2.75) is 29.5 Å². The maximum absolute atomic E-state index is 12.4. The molecule has 1 N–H and O–H groups in total. The molecule has 4 nitrogen and oxygen atoms in total. The smallest absolute Gasteiger partial charge is 0.261 e. The topological polar surface area (TPSA) is 63.2 Å². The summed E-state index contributed by atoms with van der Waals surface area (Å²) in [6.07, 6.45) is 3.95. The van der Waals surface area contributed by atoms with Crippen molar-refractivity contribution in [1.82, 2.24) is 5.32 Å². The molecule has 0 saturated carbocycles. The highest BCUT2D eigenvalue weighted by molar-refractivity contribution is 7.92. The molecule has 0 saturated heterocycles. The van der Waals surface area contributed by atoms with E-state index < -0.39 is 9.84 Å². The molecule has 1 heterocycles. The Morgan fingerprint density at radius 1 is 1.30 bits per heavy atom. The highest BCUT2D eigenvalue weighted by atomic mass is 35.5. The average molecular weight is 370 g/mol. The van der Waals surface area contributed by atoms with Gasteiger partial charge in [0, 0.05) is 11.3 Å². The van der Waals surface area contributed by atoms with Crippen LogP contribution in [0, 0.1) is 0 Å². The van der Waals surface area contributed by atoms with Gasteiger partial charge in [-0.2, -0.15) is 0 Å². The first-order valence-corrected chi connectivity index (χ1v) is 10.3. The van der Waals surface area contributed by atoms with Gasteiger partial charge in [-0.1, -0.05) is 17.7 Å². The lowest BCUT2D eigenvalue weighted by atomic mass is 9.87. The van der Waals surface area contributed by atoms with E-state index >= 15 is 0 Å². The van der Waals surface area contributed by atoms with E-state index in [1.54, 1.807) is 6.07 Å². The molecule has 0 aliphatic heterocycles. The molecule has 1 aromatic carbocycles. The molecule has 1 amide bonds. The van der Waals surface area contributed by atoms with Crippen molar-refractivity contribution in [3.8, 4) is 0 Å². The minimum atomic E-state index is -3.28. The Morgan fingerprint density at radius 2 is 2.09 bits per heavy atom. The van der Waals surface area contributed by atoms with Crippen LogP contribution in [0.5, 0.6) is 0 Å². The van der Waals surface area contributed by atoms with Gasteiger partial charge >= 0.3 is 0 Å². The summed E-state index contributed by atoms with van der Waals surface area (Å²) in [7, 11) is -3.28. The lowest BCUT2D eigenvalue weighted by Gasteiger charge is -2.26. The van der Waals surface area contributed by atoms with Gasteiger partial charge in [0.05, 0.1) is 10.9 Å². The molecular weight excluding hydrogens is 354 g/mol. The minimum absolute atomic E-state index is 0.0627. The Hall–Kier alpha value is -1.37. The molecule has 0 spiro atoms. The molecule has 0 radical (unpaired) electrons. The summed E-state index contributed by atoms with van der Waals surface area (Å²) in [4.78, 5) is 12.8. The van der Waals surface area contributed by atoms with Gasteiger partial charge < -0.3 is 5.32 Å². The lowest BCUT2D eigenvalue weighted by molar-refractivity contribution is 0.0937. The number of carbonyl (C=O) groups excluding carboxylic acids is 1. The van der Waals surface area contributed by atoms with Crippen LogP contribution in [0.3, 0.4) is 0 Å². The van der Waals surface area contributed by atoms with E-state index in [1.807, 2.05) is 18.2 Å². The number of sulfone groups is 1. The van der Waals surface area contributed by atoms with Gasteiger partial charge in [-0.15, -0.1) is 11.3 Å². The summed E-state index contributed by atoms with van der Waals surface area (Å²) in [6, 6.07) is 8.70. The number of carbonyl (C=O) groups is 1. The van der Waals surface area contributed by atoms with E-state index in [1.165, 1.54) is 6.07 Å². The highest BCUT2D eigenvalue weighted by Crippen LogP contribution is 2.32. The molecule has 1 aliphatic rings. The maximum atomic E-state index is 12.4. The van der Waals surface area contributed by atoms with E-state index in [9.17, 15) is 13.2 Å². The van der Waals surface area contributed by atoms with Crippen LogP contribution >= 0.6 is 22.9 Å². The van der Waals surface area contributed by atoms with E-state index in [4.69, 9.17) is 11.6 Å². The number of nitrogens with one attached hydrogen (secondary N) is 1. The van der Waals surface area contributed by atoms with Gasteiger partial charge in [0.15, 0.2) is 9.84 Å². The monoisotopic (exact) mass is 369 g/mol. The second-order valence-electron chi connectivity index (χ2n) is 5.65.